The highest BCUT2D eigenvalue weighted by atomic mass is 16.5. The van der Waals surface area contributed by atoms with Crippen LogP contribution in [0.15, 0.2) is 35.8 Å². The van der Waals surface area contributed by atoms with Crippen LogP contribution in [0.1, 0.15) is 31.2 Å². The molecular weight excluding hydrogens is 278 g/mol. The molecule has 0 radical (unpaired) electrons. The average molecular weight is 303 g/mol. The first kappa shape index (κ1) is 16.2. The summed E-state index contributed by atoms with van der Waals surface area (Å²) in [6.45, 7) is 4.73. The van der Waals surface area contributed by atoms with Gasteiger partial charge in [0.25, 0.3) is 0 Å². The highest BCUT2D eigenvalue weighted by Gasteiger charge is 2.18. The summed E-state index contributed by atoms with van der Waals surface area (Å²) in [5.74, 6) is 1.96. The van der Waals surface area contributed by atoms with Crippen molar-refractivity contribution in [1.29, 1.82) is 0 Å². The predicted octanol–water partition coefficient (Wildman–Crippen LogP) is 2.61. The SMILES string of the molecule is C=CCNC(N)=NCc1ccc(OC)c(OC2CCCC2)c1. The summed E-state index contributed by atoms with van der Waals surface area (Å²) in [5, 5.41) is 2.95. The zero-order valence-electron chi connectivity index (χ0n) is 13.2. The Hall–Kier alpha value is -2.17. The molecular formula is C17H25N3O2. The monoisotopic (exact) mass is 303 g/mol. The first-order chi connectivity index (χ1) is 10.7. The Morgan fingerprint density at radius 1 is 1.41 bits per heavy atom. The van der Waals surface area contributed by atoms with Gasteiger partial charge < -0.3 is 20.5 Å². The van der Waals surface area contributed by atoms with E-state index in [9.17, 15) is 0 Å². The normalized spacial score (nSPS) is 15.6. The van der Waals surface area contributed by atoms with Gasteiger partial charge >= 0.3 is 0 Å². The zero-order valence-corrected chi connectivity index (χ0v) is 13.2. The number of hydrogen-bond acceptors (Lipinski definition) is 3. The molecule has 0 saturated heterocycles. The molecule has 0 amide bonds. The largest absolute Gasteiger partial charge is 0.493 e. The van der Waals surface area contributed by atoms with E-state index in [0.717, 1.165) is 29.9 Å². The van der Waals surface area contributed by atoms with Crippen molar-refractivity contribution in [2.24, 2.45) is 10.7 Å². The minimum absolute atomic E-state index is 0.298. The maximum absolute atomic E-state index is 6.08. The lowest BCUT2D eigenvalue weighted by Crippen LogP contribution is -2.31. The van der Waals surface area contributed by atoms with Crippen molar-refractivity contribution >= 4 is 5.96 Å². The lowest BCUT2D eigenvalue weighted by atomic mass is 10.2. The molecule has 1 aliphatic rings. The van der Waals surface area contributed by atoms with Gasteiger partial charge in [0.2, 0.25) is 0 Å². The summed E-state index contributed by atoms with van der Waals surface area (Å²) in [7, 11) is 1.66. The number of nitrogens with one attached hydrogen (secondary N) is 1. The second kappa shape index (κ2) is 8.32. The van der Waals surface area contributed by atoms with Gasteiger partial charge in [-0.15, -0.1) is 6.58 Å². The molecule has 0 atom stereocenters. The van der Waals surface area contributed by atoms with E-state index in [0.29, 0.717) is 25.2 Å². The molecule has 0 aromatic heterocycles. The van der Waals surface area contributed by atoms with E-state index >= 15 is 0 Å². The minimum atomic E-state index is 0.298. The van der Waals surface area contributed by atoms with Crippen LogP contribution in [0, 0.1) is 0 Å². The molecule has 0 heterocycles. The van der Waals surface area contributed by atoms with Crippen molar-refractivity contribution in [3.05, 3.63) is 36.4 Å². The maximum atomic E-state index is 6.08. The molecule has 5 heteroatoms. The van der Waals surface area contributed by atoms with Gasteiger partial charge in [0, 0.05) is 6.54 Å². The summed E-state index contributed by atoms with van der Waals surface area (Å²) >= 11 is 0. The number of ether oxygens (including phenoxy) is 2. The van der Waals surface area contributed by atoms with Crippen LogP contribution >= 0.6 is 0 Å². The van der Waals surface area contributed by atoms with Crippen molar-refractivity contribution in [2.75, 3.05) is 13.7 Å². The van der Waals surface area contributed by atoms with E-state index in [-0.39, 0.29) is 0 Å². The van der Waals surface area contributed by atoms with Crippen LogP contribution in [0.4, 0.5) is 0 Å². The van der Waals surface area contributed by atoms with E-state index in [4.69, 9.17) is 15.2 Å². The van der Waals surface area contributed by atoms with E-state index in [1.807, 2.05) is 18.2 Å². The topological polar surface area (TPSA) is 68.9 Å². The second-order valence-electron chi connectivity index (χ2n) is 5.38. The van der Waals surface area contributed by atoms with Gasteiger partial charge in [0.15, 0.2) is 17.5 Å². The van der Waals surface area contributed by atoms with Crippen molar-refractivity contribution in [1.82, 2.24) is 5.32 Å². The van der Waals surface area contributed by atoms with Gasteiger partial charge in [0.05, 0.1) is 19.8 Å². The lowest BCUT2D eigenvalue weighted by molar-refractivity contribution is 0.200. The molecule has 1 fully saturated rings. The third-order valence-corrected chi connectivity index (χ3v) is 3.68. The summed E-state index contributed by atoms with van der Waals surface area (Å²) < 4.78 is 11.5. The Labute approximate surface area is 132 Å². The molecule has 5 nitrogen and oxygen atoms in total. The number of aliphatic imine (C=N–C) groups is 1. The van der Waals surface area contributed by atoms with Gasteiger partial charge in [-0.3, -0.25) is 0 Å². The number of benzene rings is 1. The van der Waals surface area contributed by atoms with Crippen LogP contribution < -0.4 is 20.5 Å². The number of hydrogen-bond donors (Lipinski definition) is 2. The van der Waals surface area contributed by atoms with Crippen molar-refractivity contribution < 1.29 is 9.47 Å². The van der Waals surface area contributed by atoms with Crippen molar-refractivity contribution in [3.8, 4) is 11.5 Å². The van der Waals surface area contributed by atoms with Crippen molar-refractivity contribution in [3.63, 3.8) is 0 Å². The molecule has 22 heavy (non-hydrogen) atoms. The fraction of sp³-hybridized carbons (Fsp3) is 0.471. The second-order valence-corrected chi connectivity index (χ2v) is 5.38. The number of guanidine groups is 1. The fourth-order valence-electron chi connectivity index (χ4n) is 2.51. The highest BCUT2D eigenvalue weighted by Crippen LogP contribution is 2.32. The predicted molar refractivity (Wildman–Crippen MR) is 89.4 cm³/mol. The molecule has 1 saturated carbocycles. The van der Waals surface area contributed by atoms with Gasteiger partial charge in [-0.25, -0.2) is 4.99 Å². The molecule has 1 aromatic carbocycles. The highest BCUT2D eigenvalue weighted by molar-refractivity contribution is 5.77. The molecule has 0 bridgehead atoms. The standard InChI is InChI=1S/C17H25N3O2/c1-3-10-19-17(18)20-12-13-8-9-15(21-2)16(11-13)22-14-6-4-5-7-14/h3,8-9,11,14H,1,4-7,10,12H2,2H3,(H3,18,19,20). The summed E-state index contributed by atoms with van der Waals surface area (Å²) in [6, 6.07) is 5.88. The van der Waals surface area contributed by atoms with E-state index in [1.54, 1.807) is 13.2 Å². The average Bonchev–Trinajstić information content (AvgIpc) is 3.04. The molecule has 2 rings (SSSR count). The first-order valence-corrected chi connectivity index (χ1v) is 7.71. The number of methoxy groups -OCH3 is 1. The van der Waals surface area contributed by atoms with Gasteiger partial charge in [-0.05, 0) is 43.4 Å². The molecule has 1 aliphatic carbocycles. The summed E-state index contributed by atoms with van der Waals surface area (Å²) in [4.78, 5) is 4.30. The molecule has 1 aromatic rings. The minimum Gasteiger partial charge on any atom is -0.493 e. The Morgan fingerprint density at radius 2 is 2.18 bits per heavy atom. The number of nitrogens with two attached hydrogens (primary N) is 1. The zero-order chi connectivity index (χ0) is 15.8. The fourth-order valence-corrected chi connectivity index (χ4v) is 2.51. The van der Waals surface area contributed by atoms with E-state index < -0.39 is 0 Å². The van der Waals surface area contributed by atoms with Crippen molar-refractivity contribution in [2.45, 2.75) is 38.3 Å². The molecule has 120 valence electrons. The first-order valence-electron chi connectivity index (χ1n) is 7.71. The number of rotatable bonds is 7. The lowest BCUT2D eigenvalue weighted by Gasteiger charge is -2.16. The third kappa shape index (κ3) is 4.69. The molecule has 0 spiro atoms. The van der Waals surface area contributed by atoms with Crippen LogP contribution in [0.3, 0.4) is 0 Å². The molecule has 3 N–H and O–H groups in total. The smallest absolute Gasteiger partial charge is 0.189 e. The van der Waals surface area contributed by atoms with Gasteiger partial charge in [-0.2, -0.15) is 0 Å². The van der Waals surface area contributed by atoms with Crippen LogP contribution in [0.2, 0.25) is 0 Å². The van der Waals surface area contributed by atoms with Crippen LogP contribution in [-0.4, -0.2) is 25.7 Å². The summed E-state index contributed by atoms with van der Waals surface area (Å²) in [6.07, 6.45) is 6.74. The Bertz CT molecular complexity index is 523. The molecule has 0 unspecified atom stereocenters. The Morgan fingerprint density at radius 3 is 2.86 bits per heavy atom. The van der Waals surface area contributed by atoms with E-state index in [2.05, 4.69) is 16.9 Å². The number of nitrogens with zero attached hydrogens (tertiary/aromatic N) is 1. The third-order valence-electron chi connectivity index (χ3n) is 3.68. The quantitative estimate of drug-likeness (QED) is 0.461. The van der Waals surface area contributed by atoms with Crippen LogP contribution in [0.25, 0.3) is 0 Å². The van der Waals surface area contributed by atoms with Crippen LogP contribution in [-0.2, 0) is 6.54 Å². The van der Waals surface area contributed by atoms with Gasteiger partial charge in [0.1, 0.15) is 0 Å². The Balaban J connectivity index is 2.03. The van der Waals surface area contributed by atoms with E-state index in [1.165, 1.54) is 12.8 Å². The summed E-state index contributed by atoms with van der Waals surface area (Å²) in [5.41, 5.74) is 6.81. The van der Waals surface area contributed by atoms with Crippen LogP contribution in [0.5, 0.6) is 11.5 Å². The maximum Gasteiger partial charge on any atom is 0.189 e. The Kier molecular flexibility index (Phi) is 6.13. The van der Waals surface area contributed by atoms with Gasteiger partial charge in [-0.1, -0.05) is 12.1 Å². The molecule has 0 aliphatic heterocycles.